The summed E-state index contributed by atoms with van der Waals surface area (Å²) in [7, 11) is 0. The Morgan fingerprint density at radius 2 is 2.05 bits per heavy atom. The Hall–Kier alpha value is -1.31. The molecule has 3 rings (SSSR count). The van der Waals surface area contributed by atoms with Gasteiger partial charge in [0.25, 0.3) is 0 Å². The van der Waals surface area contributed by atoms with E-state index in [0.717, 1.165) is 17.5 Å². The van der Waals surface area contributed by atoms with E-state index >= 15 is 0 Å². The minimum atomic E-state index is 0.204. The van der Waals surface area contributed by atoms with E-state index < -0.39 is 0 Å². The zero-order valence-corrected chi connectivity index (χ0v) is 12.6. The van der Waals surface area contributed by atoms with Crippen LogP contribution in [-0.2, 0) is 4.79 Å². The highest BCUT2D eigenvalue weighted by atomic mass is 16.1. The molecule has 0 heterocycles. The number of nitrogens with one attached hydrogen (secondary N) is 1. The van der Waals surface area contributed by atoms with Crippen molar-refractivity contribution in [3.8, 4) is 0 Å². The second-order valence-corrected chi connectivity index (χ2v) is 6.93. The summed E-state index contributed by atoms with van der Waals surface area (Å²) in [5, 5.41) is 3.14. The summed E-state index contributed by atoms with van der Waals surface area (Å²) in [4.78, 5) is 12.3. The summed E-state index contributed by atoms with van der Waals surface area (Å²) in [6, 6.07) is 8.17. The van der Waals surface area contributed by atoms with Crippen molar-refractivity contribution >= 4 is 11.6 Å². The lowest BCUT2D eigenvalue weighted by Gasteiger charge is -2.21. The first kappa shape index (κ1) is 13.7. The van der Waals surface area contributed by atoms with Gasteiger partial charge in [-0.05, 0) is 54.6 Å². The van der Waals surface area contributed by atoms with Gasteiger partial charge in [-0.25, -0.2) is 0 Å². The number of carbonyl (C=O) groups is 1. The van der Waals surface area contributed by atoms with E-state index in [0.29, 0.717) is 18.3 Å². The number of fused-ring (bicyclic) bond motifs is 2. The first-order valence-electron chi connectivity index (χ1n) is 8.02. The van der Waals surface area contributed by atoms with Crippen LogP contribution in [0.1, 0.15) is 57.4 Å². The number of amides is 1. The van der Waals surface area contributed by atoms with Crippen molar-refractivity contribution in [2.24, 2.45) is 17.8 Å². The molecule has 2 fully saturated rings. The Balaban J connectivity index is 1.62. The molecule has 1 aromatic carbocycles. The fourth-order valence-electron chi connectivity index (χ4n) is 4.18. The van der Waals surface area contributed by atoms with Crippen molar-refractivity contribution in [2.45, 2.75) is 51.9 Å². The Morgan fingerprint density at radius 3 is 2.70 bits per heavy atom. The van der Waals surface area contributed by atoms with Gasteiger partial charge in [-0.2, -0.15) is 0 Å². The van der Waals surface area contributed by atoms with E-state index in [1.807, 2.05) is 18.2 Å². The van der Waals surface area contributed by atoms with Gasteiger partial charge in [0.1, 0.15) is 0 Å². The van der Waals surface area contributed by atoms with E-state index in [1.165, 1.54) is 31.2 Å². The van der Waals surface area contributed by atoms with Gasteiger partial charge in [0, 0.05) is 12.1 Å². The molecule has 2 nitrogen and oxygen atoms in total. The van der Waals surface area contributed by atoms with E-state index in [2.05, 4.69) is 25.2 Å². The monoisotopic (exact) mass is 271 g/mol. The van der Waals surface area contributed by atoms with Crippen molar-refractivity contribution in [3.05, 3.63) is 29.8 Å². The lowest BCUT2D eigenvalue weighted by atomic mass is 9.86. The topological polar surface area (TPSA) is 29.1 Å². The molecule has 0 aliphatic heterocycles. The predicted octanol–water partition coefficient (Wildman–Crippen LogP) is 4.57. The lowest BCUT2D eigenvalue weighted by Crippen LogP contribution is -2.20. The van der Waals surface area contributed by atoms with Crippen molar-refractivity contribution in [1.82, 2.24) is 0 Å². The highest BCUT2D eigenvalue weighted by Gasteiger charge is 2.40. The molecule has 3 unspecified atom stereocenters. The highest BCUT2D eigenvalue weighted by molar-refractivity contribution is 5.91. The van der Waals surface area contributed by atoms with Crippen LogP contribution in [0.3, 0.4) is 0 Å². The molecule has 0 radical (unpaired) electrons. The van der Waals surface area contributed by atoms with E-state index in [4.69, 9.17) is 0 Å². The number of hydrogen-bond acceptors (Lipinski definition) is 1. The molecule has 0 spiro atoms. The van der Waals surface area contributed by atoms with Crippen LogP contribution >= 0.6 is 0 Å². The van der Waals surface area contributed by atoms with Crippen molar-refractivity contribution in [1.29, 1.82) is 0 Å². The van der Waals surface area contributed by atoms with Gasteiger partial charge in [0.15, 0.2) is 0 Å². The Morgan fingerprint density at radius 1 is 1.25 bits per heavy atom. The molecule has 108 valence electrons. The summed E-state index contributed by atoms with van der Waals surface area (Å²) in [5.41, 5.74) is 2.23. The van der Waals surface area contributed by atoms with E-state index in [9.17, 15) is 4.79 Å². The smallest absolute Gasteiger partial charge is 0.224 e. The van der Waals surface area contributed by atoms with Gasteiger partial charge in [0.2, 0.25) is 5.91 Å². The summed E-state index contributed by atoms with van der Waals surface area (Å²) >= 11 is 0. The standard InChI is InChI=1S/C18H25NO/c1-12(2)16-5-3-4-6-17(16)19-18(20)11-15-10-13-7-8-14(15)9-13/h3-6,12-15H,7-11H2,1-2H3,(H,19,20). The summed E-state index contributed by atoms with van der Waals surface area (Å²) in [6.07, 6.45) is 6.13. The molecular formula is C18H25NO. The predicted molar refractivity (Wildman–Crippen MR) is 82.7 cm³/mol. The molecule has 2 saturated carbocycles. The van der Waals surface area contributed by atoms with Crippen molar-refractivity contribution < 1.29 is 4.79 Å². The van der Waals surface area contributed by atoms with Gasteiger partial charge >= 0.3 is 0 Å². The zero-order valence-electron chi connectivity index (χ0n) is 12.6. The third kappa shape index (κ3) is 2.74. The van der Waals surface area contributed by atoms with Crippen LogP contribution in [0, 0.1) is 17.8 Å². The van der Waals surface area contributed by atoms with Crippen LogP contribution in [0.15, 0.2) is 24.3 Å². The molecule has 3 atom stereocenters. The zero-order chi connectivity index (χ0) is 14.1. The molecule has 2 heteroatoms. The van der Waals surface area contributed by atoms with Crippen LogP contribution in [0.4, 0.5) is 5.69 Å². The first-order chi connectivity index (χ1) is 9.63. The number of anilines is 1. The summed E-state index contributed by atoms with van der Waals surface area (Å²) < 4.78 is 0. The number of hydrogen-bond donors (Lipinski definition) is 1. The van der Waals surface area contributed by atoms with Crippen LogP contribution in [0.5, 0.6) is 0 Å². The van der Waals surface area contributed by atoms with Crippen molar-refractivity contribution in [2.75, 3.05) is 5.32 Å². The van der Waals surface area contributed by atoms with Gasteiger partial charge < -0.3 is 5.32 Å². The molecule has 2 bridgehead atoms. The highest BCUT2D eigenvalue weighted by Crippen LogP contribution is 2.49. The largest absolute Gasteiger partial charge is 0.326 e. The maximum Gasteiger partial charge on any atom is 0.224 e. The molecule has 1 N–H and O–H groups in total. The van der Waals surface area contributed by atoms with E-state index in [1.54, 1.807) is 0 Å². The van der Waals surface area contributed by atoms with Gasteiger partial charge in [-0.15, -0.1) is 0 Å². The minimum absolute atomic E-state index is 0.204. The maximum atomic E-state index is 12.3. The van der Waals surface area contributed by atoms with Gasteiger partial charge in [-0.3, -0.25) is 4.79 Å². The molecule has 2 aliphatic rings. The van der Waals surface area contributed by atoms with Crippen LogP contribution in [0.25, 0.3) is 0 Å². The quantitative estimate of drug-likeness (QED) is 0.853. The Labute approximate surface area is 122 Å². The average molecular weight is 271 g/mol. The molecule has 0 saturated heterocycles. The van der Waals surface area contributed by atoms with Crippen LogP contribution < -0.4 is 5.32 Å². The fourth-order valence-corrected chi connectivity index (χ4v) is 4.18. The van der Waals surface area contributed by atoms with Gasteiger partial charge in [-0.1, -0.05) is 38.5 Å². The molecule has 20 heavy (non-hydrogen) atoms. The Kier molecular flexibility index (Phi) is 3.82. The third-order valence-electron chi connectivity index (χ3n) is 5.19. The minimum Gasteiger partial charge on any atom is -0.326 e. The first-order valence-corrected chi connectivity index (χ1v) is 8.02. The van der Waals surface area contributed by atoms with Crippen LogP contribution in [-0.4, -0.2) is 5.91 Å². The number of para-hydroxylation sites is 1. The molecule has 1 amide bonds. The normalized spacial score (nSPS) is 28.1. The average Bonchev–Trinajstić information content (AvgIpc) is 3.01. The van der Waals surface area contributed by atoms with E-state index in [-0.39, 0.29) is 5.91 Å². The summed E-state index contributed by atoms with van der Waals surface area (Å²) in [6.45, 7) is 4.34. The molecule has 0 aromatic heterocycles. The van der Waals surface area contributed by atoms with Crippen LogP contribution in [0.2, 0.25) is 0 Å². The summed E-state index contributed by atoms with van der Waals surface area (Å²) in [5.74, 6) is 3.02. The van der Waals surface area contributed by atoms with Gasteiger partial charge in [0.05, 0.1) is 0 Å². The lowest BCUT2D eigenvalue weighted by molar-refractivity contribution is -0.117. The maximum absolute atomic E-state index is 12.3. The van der Waals surface area contributed by atoms with Crippen molar-refractivity contribution in [3.63, 3.8) is 0 Å². The SMILES string of the molecule is CC(C)c1ccccc1NC(=O)CC1CC2CCC1C2. The third-order valence-corrected chi connectivity index (χ3v) is 5.19. The molecule has 2 aliphatic carbocycles. The molecule has 1 aromatic rings. The molecular weight excluding hydrogens is 246 g/mol. The second kappa shape index (κ2) is 5.59. The second-order valence-electron chi connectivity index (χ2n) is 6.93. The number of rotatable bonds is 4. The number of benzene rings is 1. The Bertz CT molecular complexity index is 494. The fraction of sp³-hybridized carbons (Fsp3) is 0.611. The number of carbonyl (C=O) groups excluding carboxylic acids is 1.